The van der Waals surface area contributed by atoms with Crippen LogP contribution in [-0.4, -0.2) is 29.6 Å². The molecule has 1 aliphatic carbocycles. The first-order chi connectivity index (χ1) is 14.2. The molecule has 4 N–H and O–H groups in total. The van der Waals surface area contributed by atoms with Crippen LogP contribution < -0.4 is 21.1 Å². The predicted molar refractivity (Wildman–Crippen MR) is 110 cm³/mol. The van der Waals surface area contributed by atoms with Gasteiger partial charge in [0.15, 0.2) is 5.84 Å². The smallest absolute Gasteiger partial charge is 0.272 e. The van der Waals surface area contributed by atoms with Gasteiger partial charge in [0.05, 0.1) is 5.70 Å². The zero-order valence-corrected chi connectivity index (χ0v) is 16.0. The highest BCUT2D eigenvalue weighted by molar-refractivity contribution is 6.02. The van der Waals surface area contributed by atoms with Gasteiger partial charge in [0.25, 0.3) is 5.91 Å². The lowest BCUT2D eigenvalue weighted by atomic mass is 10.0. The maximum absolute atomic E-state index is 12.6. The summed E-state index contributed by atoms with van der Waals surface area (Å²) >= 11 is 0. The standard InChI is InChI=1S/C22H23N5O2/c23-12-16-7-4-8-18(20(16)14-9-10-14)29-13-17-11-19(28)27-22(24-17)25-21(26-27)15-5-2-1-3-6-15/h1-8,11,14,22,24H,9-10,12-13,23H2,(H,25,26). The molecular weight excluding hydrogens is 366 g/mol. The number of amidine groups is 1. The van der Waals surface area contributed by atoms with Crippen molar-refractivity contribution >= 4 is 11.7 Å². The van der Waals surface area contributed by atoms with Crippen molar-refractivity contribution in [2.75, 3.05) is 6.61 Å². The Hall–Kier alpha value is -3.32. The summed E-state index contributed by atoms with van der Waals surface area (Å²) in [5.41, 5.74) is 9.91. The second kappa shape index (κ2) is 7.25. The Kier molecular flexibility index (Phi) is 4.44. The molecule has 148 valence electrons. The quantitative estimate of drug-likeness (QED) is 0.703. The maximum atomic E-state index is 12.6. The number of rotatable bonds is 6. The fourth-order valence-corrected chi connectivity index (χ4v) is 3.80. The molecule has 0 spiro atoms. The lowest BCUT2D eigenvalue weighted by Crippen LogP contribution is -2.54. The number of benzene rings is 2. The first-order valence-corrected chi connectivity index (χ1v) is 9.88. The van der Waals surface area contributed by atoms with E-state index in [1.807, 2.05) is 42.5 Å². The molecule has 2 heterocycles. The van der Waals surface area contributed by atoms with Gasteiger partial charge in [-0.1, -0.05) is 42.5 Å². The average Bonchev–Trinajstić information content (AvgIpc) is 3.50. The van der Waals surface area contributed by atoms with Gasteiger partial charge in [-0.05, 0) is 30.4 Å². The van der Waals surface area contributed by atoms with Gasteiger partial charge >= 0.3 is 0 Å². The molecule has 29 heavy (non-hydrogen) atoms. The molecule has 1 saturated carbocycles. The van der Waals surface area contributed by atoms with E-state index in [1.165, 1.54) is 23.4 Å². The molecular formula is C22H23N5O2. The fourth-order valence-electron chi connectivity index (χ4n) is 3.80. The second-order valence-electron chi connectivity index (χ2n) is 7.45. The van der Waals surface area contributed by atoms with Gasteiger partial charge in [0.2, 0.25) is 6.29 Å². The van der Waals surface area contributed by atoms with E-state index in [0.717, 1.165) is 16.9 Å². The van der Waals surface area contributed by atoms with Crippen molar-refractivity contribution in [1.82, 2.24) is 15.6 Å². The molecule has 2 aromatic carbocycles. The Labute approximate surface area is 169 Å². The molecule has 5 rings (SSSR count). The molecule has 7 heteroatoms. The van der Waals surface area contributed by atoms with Crippen LogP contribution in [0.3, 0.4) is 0 Å². The van der Waals surface area contributed by atoms with Crippen LogP contribution >= 0.6 is 0 Å². The van der Waals surface area contributed by atoms with Gasteiger partial charge in [0.1, 0.15) is 12.4 Å². The number of carbonyl (C=O) groups is 1. The van der Waals surface area contributed by atoms with Gasteiger partial charge in [-0.3, -0.25) is 4.79 Å². The van der Waals surface area contributed by atoms with Gasteiger partial charge in [-0.2, -0.15) is 5.01 Å². The summed E-state index contributed by atoms with van der Waals surface area (Å²) < 4.78 is 6.11. The SMILES string of the molecule is NCc1cccc(OCC2=CC(=O)N3N=C(c4ccccc4)NC3N2)c1C1CC1. The van der Waals surface area contributed by atoms with E-state index in [2.05, 4.69) is 21.8 Å². The molecule has 2 aromatic rings. The van der Waals surface area contributed by atoms with Crippen molar-refractivity contribution in [3.63, 3.8) is 0 Å². The summed E-state index contributed by atoms with van der Waals surface area (Å²) in [7, 11) is 0. The van der Waals surface area contributed by atoms with Crippen molar-refractivity contribution in [3.05, 3.63) is 77.0 Å². The average molecular weight is 389 g/mol. The fraction of sp³-hybridized carbons (Fsp3) is 0.273. The van der Waals surface area contributed by atoms with Gasteiger partial charge < -0.3 is 21.1 Å². The zero-order chi connectivity index (χ0) is 19.8. The van der Waals surface area contributed by atoms with E-state index >= 15 is 0 Å². The lowest BCUT2D eigenvalue weighted by Gasteiger charge is -2.28. The van der Waals surface area contributed by atoms with Crippen LogP contribution in [0.25, 0.3) is 0 Å². The van der Waals surface area contributed by atoms with Crippen LogP contribution in [0.1, 0.15) is 35.4 Å². The molecule has 1 fully saturated rings. The van der Waals surface area contributed by atoms with Crippen LogP contribution in [-0.2, 0) is 11.3 Å². The largest absolute Gasteiger partial charge is 0.487 e. The van der Waals surface area contributed by atoms with Crippen LogP contribution in [0.4, 0.5) is 0 Å². The predicted octanol–water partition coefficient (Wildman–Crippen LogP) is 1.97. The maximum Gasteiger partial charge on any atom is 0.272 e. The molecule has 0 bridgehead atoms. The van der Waals surface area contributed by atoms with Crippen molar-refractivity contribution < 1.29 is 9.53 Å². The van der Waals surface area contributed by atoms with Crippen molar-refractivity contribution in [1.29, 1.82) is 0 Å². The van der Waals surface area contributed by atoms with E-state index in [-0.39, 0.29) is 12.5 Å². The highest BCUT2D eigenvalue weighted by atomic mass is 16.5. The number of hydrogen-bond acceptors (Lipinski definition) is 6. The summed E-state index contributed by atoms with van der Waals surface area (Å²) in [4.78, 5) is 12.6. The molecule has 2 aliphatic heterocycles. The lowest BCUT2D eigenvalue weighted by molar-refractivity contribution is -0.129. The van der Waals surface area contributed by atoms with E-state index in [1.54, 1.807) is 6.08 Å². The Morgan fingerprint density at radius 3 is 2.69 bits per heavy atom. The molecule has 3 aliphatic rings. The van der Waals surface area contributed by atoms with Gasteiger partial charge in [-0.15, -0.1) is 5.10 Å². The summed E-state index contributed by atoms with van der Waals surface area (Å²) in [5.74, 6) is 1.88. The van der Waals surface area contributed by atoms with Crippen LogP contribution in [0.2, 0.25) is 0 Å². The molecule has 0 radical (unpaired) electrons. The Balaban J connectivity index is 1.29. The van der Waals surface area contributed by atoms with E-state index in [9.17, 15) is 4.79 Å². The molecule has 1 unspecified atom stereocenters. The van der Waals surface area contributed by atoms with Crippen molar-refractivity contribution in [2.24, 2.45) is 10.8 Å². The Bertz CT molecular complexity index is 998. The third kappa shape index (κ3) is 3.45. The number of nitrogens with two attached hydrogens (primary N) is 1. The number of ether oxygens (including phenoxy) is 1. The zero-order valence-electron chi connectivity index (χ0n) is 16.0. The minimum Gasteiger partial charge on any atom is -0.487 e. The van der Waals surface area contributed by atoms with Crippen LogP contribution in [0, 0.1) is 0 Å². The van der Waals surface area contributed by atoms with E-state index in [4.69, 9.17) is 10.5 Å². The van der Waals surface area contributed by atoms with Crippen LogP contribution in [0.5, 0.6) is 5.75 Å². The van der Waals surface area contributed by atoms with Crippen LogP contribution in [0.15, 0.2) is 65.4 Å². The second-order valence-corrected chi connectivity index (χ2v) is 7.45. The number of fused-ring (bicyclic) bond motifs is 1. The Morgan fingerprint density at radius 1 is 1.10 bits per heavy atom. The number of amides is 1. The highest BCUT2D eigenvalue weighted by Crippen LogP contribution is 2.46. The normalized spacial score (nSPS) is 20.4. The molecule has 0 aromatic heterocycles. The summed E-state index contributed by atoms with van der Waals surface area (Å²) in [6.45, 7) is 0.787. The molecule has 7 nitrogen and oxygen atoms in total. The summed E-state index contributed by atoms with van der Waals surface area (Å²) in [6.07, 6.45) is 3.47. The Morgan fingerprint density at radius 2 is 1.93 bits per heavy atom. The molecule has 1 atom stereocenters. The number of hydrazone groups is 1. The number of carbonyl (C=O) groups excluding carboxylic acids is 1. The minimum atomic E-state index is -0.417. The minimum absolute atomic E-state index is 0.177. The van der Waals surface area contributed by atoms with Crippen molar-refractivity contribution in [2.45, 2.75) is 31.6 Å². The van der Waals surface area contributed by atoms with Gasteiger partial charge in [-0.25, -0.2) is 0 Å². The third-order valence-corrected chi connectivity index (χ3v) is 5.36. The van der Waals surface area contributed by atoms with E-state index < -0.39 is 6.29 Å². The summed E-state index contributed by atoms with van der Waals surface area (Å²) in [5, 5.41) is 12.4. The monoisotopic (exact) mass is 389 g/mol. The molecule has 1 amide bonds. The number of hydrogen-bond donors (Lipinski definition) is 3. The third-order valence-electron chi connectivity index (χ3n) is 5.36. The van der Waals surface area contributed by atoms with Crippen molar-refractivity contribution in [3.8, 4) is 5.75 Å². The molecule has 0 saturated heterocycles. The topological polar surface area (TPSA) is 92.0 Å². The summed E-state index contributed by atoms with van der Waals surface area (Å²) in [6, 6.07) is 15.7. The first-order valence-electron chi connectivity index (χ1n) is 9.88. The number of nitrogens with zero attached hydrogens (tertiary/aromatic N) is 2. The van der Waals surface area contributed by atoms with Gasteiger partial charge in [0, 0.05) is 23.7 Å². The highest BCUT2D eigenvalue weighted by Gasteiger charge is 2.34. The first kappa shape index (κ1) is 17.8. The number of nitrogens with one attached hydrogen (secondary N) is 2. The van der Waals surface area contributed by atoms with E-state index in [0.29, 0.717) is 24.0 Å².